The molecule has 0 bridgehead atoms. The minimum absolute atomic E-state index is 0.241. The van der Waals surface area contributed by atoms with Crippen LogP contribution in [0.25, 0.3) is 11.0 Å². The second-order valence-corrected chi connectivity index (χ2v) is 4.51. The van der Waals surface area contributed by atoms with E-state index in [2.05, 4.69) is 16.0 Å². The van der Waals surface area contributed by atoms with Crippen LogP contribution in [-0.2, 0) is 6.42 Å². The fraction of sp³-hybridized carbons (Fsp3) is 0.125. The van der Waals surface area contributed by atoms with Gasteiger partial charge in [0.05, 0.1) is 17.1 Å². The lowest BCUT2D eigenvalue weighted by atomic mass is 10.0. The highest BCUT2D eigenvalue weighted by Gasteiger charge is 2.15. The first kappa shape index (κ1) is 11.5. The van der Waals surface area contributed by atoms with E-state index in [1.54, 1.807) is 0 Å². The summed E-state index contributed by atoms with van der Waals surface area (Å²) in [4.78, 5) is 7.74. The van der Waals surface area contributed by atoms with E-state index < -0.39 is 0 Å². The van der Waals surface area contributed by atoms with Gasteiger partial charge in [0.2, 0.25) is 0 Å². The first-order valence-electron chi connectivity index (χ1n) is 6.25. The lowest BCUT2D eigenvalue weighted by Crippen LogP contribution is -2.02. The van der Waals surface area contributed by atoms with Crippen molar-refractivity contribution < 1.29 is 0 Å². The van der Waals surface area contributed by atoms with Crippen LogP contribution in [0.15, 0.2) is 54.6 Å². The molecule has 0 aliphatic carbocycles. The predicted molar refractivity (Wildman–Crippen MR) is 74.6 cm³/mol. The summed E-state index contributed by atoms with van der Waals surface area (Å²) in [6.07, 6.45) is 0.678. The molecule has 1 aromatic heterocycles. The normalized spacial score (nSPS) is 12.2. The van der Waals surface area contributed by atoms with Gasteiger partial charge in [0.1, 0.15) is 11.7 Å². The Morgan fingerprint density at radius 1 is 1.05 bits per heavy atom. The smallest absolute Gasteiger partial charge is 0.124 e. The molecule has 3 heteroatoms. The van der Waals surface area contributed by atoms with Crippen molar-refractivity contribution in [3.63, 3.8) is 0 Å². The SMILES string of the molecule is N#C[C@H](Cc1ccccc1)c1nc2ccccc2[nH]1. The average molecular weight is 247 g/mol. The van der Waals surface area contributed by atoms with Gasteiger partial charge in [-0.1, -0.05) is 42.5 Å². The Labute approximate surface area is 111 Å². The molecule has 0 saturated heterocycles. The number of benzene rings is 2. The molecule has 1 heterocycles. The Balaban J connectivity index is 1.92. The van der Waals surface area contributed by atoms with E-state index in [4.69, 9.17) is 0 Å². The number of hydrogen-bond donors (Lipinski definition) is 1. The summed E-state index contributed by atoms with van der Waals surface area (Å²) in [5, 5.41) is 9.36. The second kappa shape index (κ2) is 4.95. The minimum atomic E-state index is -0.241. The predicted octanol–water partition coefficient (Wildman–Crippen LogP) is 3.41. The third kappa shape index (κ3) is 2.34. The lowest BCUT2D eigenvalue weighted by Gasteiger charge is -2.05. The summed E-state index contributed by atoms with van der Waals surface area (Å²) < 4.78 is 0. The van der Waals surface area contributed by atoms with Crippen molar-refractivity contribution in [3.05, 3.63) is 66.0 Å². The number of rotatable bonds is 3. The average Bonchev–Trinajstić information content (AvgIpc) is 2.89. The Hall–Kier alpha value is -2.60. The number of aromatic amines is 1. The van der Waals surface area contributed by atoms with E-state index in [-0.39, 0.29) is 5.92 Å². The third-order valence-corrected chi connectivity index (χ3v) is 3.18. The summed E-state index contributed by atoms with van der Waals surface area (Å²) in [7, 11) is 0. The molecule has 2 aromatic carbocycles. The number of H-pyrrole nitrogens is 1. The molecule has 0 aliphatic rings. The van der Waals surface area contributed by atoms with E-state index >= 15 is 0 Å². The number of aromatic nitrogens is 2. The number of para-hydroxylation sites is 2. The molecular formula is C16H13N3. The number of nitriles is 1. The fourth-order valence-electron chi connectivity index (χ4n) is 2.19. The van der Waals surface area contributed by atoms with Crippen molar-refractivity contribution in [1.29, 1.82) is 5.26 Å². The maximum atomic E-state index is 9.36. The fourth-order valence-corrected chi connectivity index (χ4v) is 2.19. The maximum absolute atomic E-state index is 9.36. The number of imidazole rings is 1. The summed E-state index contributed by atoms with van der Waals surface area (Å²) in [6, 6.07) is 20.2. The quantitative estimate of drug-likeness (QED) is 0.771. The standard InChI is InChI=1S/C16H13N3/c17-11-13(10-12-6-2-1-3-7-12)16-18-14-8-4-5-9-15(14)19-16/h1-9,13H,10H2,(H,18,19)/t13-/m0/s1. The second-order valence-electron chi connectivity index (χ2n) is 4.51. The molecule has 1 N–H and O–H groups in total. The van der Waals surface area contributed by atoms with Gasteiger partial charge in [-0.2, -0.15) is 5.26 Å². The Kier molecular flexibility index (Phi) is 2.99. The highest BCUT2D eigenvalue weighted by molar-refractivity contribution is 5.74. The van der Waals surface area contributed by atoms with Crippen LogP contribution in [0.3, 0.4) is 0 Å². The number of hydrogen-bond acceptors (Lipinski definition) is 2. The molecule has 0 saturated carbocycles. The molecule has 0 aliphatic heterocycles. The summed E-state index contributed by atoms with van der Waals surface area (Å²) in [5.74, 6) is 0.502. The van der Waals surface area contributed by atoms with Gasteiger partial charge in [-0.15, -0.1) is 0 Å². The highest BCUT2D eigenvalue weighted by atomic mass is 14.9. The van der Waals surface area contributed by atoms with E-state index in [0.29, 0.717) is 6.42 Å². The first-order chi connectivity index (χ1) is 9.36. The van der Waals surface area contributed by atoms with Crippen LogP contribution < -0.4 is 0 Å². The lowest BCUT2D eigenvalue weighted by molar-refractivity contribution is 0.794. The zero-order valence-electron chi connectivity index (χ0n) is 10.4. The molecule has 1 atom stereocenters. The summed E-state index contributed by atoms with van der Waals surface area (Å²) in [6.45, 7) is 0. The van der Waals surface area contributed by atoms with Gasteiger partial charge in [0.15, 0.2) is 0 Å². The monoisotopic (exact) mass is 247 g/mol. The van der Waals surface area contributed by atoms with Gasteiger partial charge < -0.3 is 4.98 Å². The summed E-state index contributed by atoms with van der Waals surface area (Å²) >= 11 is 0. The van der Waals surface area contributed by atoms with Crippen molar-refractivity contribution in [2.24, 2.45) is 0 Å². The van der Waals surface area contributed by atoms with Gasteiger partial charge in [0, 0.05) is 0 Å². The van der Waals surface area contributed by atoms with Gasteiger partial charge in [-0.25, -0.2) is 4.98 Å². The van der Waals surface area contributed by atoms with Crippen LogP contribution in [0.5, 0.6) is 0 Å². The summed E-state index contributed by atoms with van der Waals surface area (Å²) in [5.41, 5.74) is 3.03. The van der Waals surface area contributed by atoms with Crippen LogP contribution in [0.4, 0.5) is 0 Å². The molecule has 0 spiro atoms. The van der Waals surface area contributed by atoms with Crippen LogP contribution >= 0.6 is 0 Å². The first-order valence-corrected chi connectivity index (χ1v) is 6.25. The van der Waals surface area contributed by atoms with Crippen molar-refractivity contribution in [2.75, 3.05) is 0 Å². The zero-order valence-corrected chi connectivity index (χ0v) is 10.4. The molecule has 0 unspecified atom stereocenters. The molecule has 3 aromatic rings. The Morgan fingerprint density at radius 3 is 2.53 bits per heavy atom. The van der Waals surface area contributed by atoms with Crippen molar-refractivity contribution in [3.8, 4) is 6.07 Å². The van der Waals surface area contributed by atoms with Crippen LogP contribution in [0, 0.1) is 11.3 Å². The third-order valence-electron chi connectivity index (χ3n) is 3.18. The molecule has 0 amide bonds. The van der Waals surface area contributed by atoms with Gasteiger partial charge >= 0.3 is 0 Å². The largest absolute Gasteiger partial charge is 0.341 e. The van der Waals surface area contributed by atoms with Crippen molar-refractivity contribution >= 4 is 11.0 Å². The Morgan fingerprint density at radius 2 is 1.79 bits per heavy atom. The molecule has 3 rings (SSSR count). The van der Waals surface area contributed by atoms with Gasteiger partial charge in [0.25, 0.3) is 0 Å². The van der Waals surface area contributed by atoms with E-state index in [9.17, 15) is 5.26 Å². The van der Waals surface area contributed by atoms with Crippen molar-refractivity contribution in [1.82, 2.24) is 9.97 Å². The van der Waals surface area contributed by atoms with E-state index in [1.807, 2.05) is 54.6 Å². The zero-order chi connectivity index (χ0) is 13.1. The van der Waals surface area contributed by atoms with Gasteiger partial charge in [-0.3, -0.25) is 0 Å². The maximum Gasteiger partial charge on any atom is 0.124 e. The molecule has 19 heavy (non-hydrogen) atoms. The van der Waals surface area contributed by atoms with Gasteiger partial charge in [-0.05, 0) is 24.1 Å². The van der Waals surface area contributed by atoms with E-state index in [0.717, 1.165) is 22.4 Å². The molecule has 92 valence electrons. The molecule has 0 radical (unpaired) electrons. The molecule has 3 nitrogen and oxygen atoms in total. The number of nitrogens with zero attached hydrogens (tertiary/aromatic N) is 2. The topological polar surface area (TPSA) is 52.5 Å². The molecule has 0 fully saturated rings. The van der Waals surface area contributed by atoms with Crippen LogP contribution in [-0.4, -0.2) is 9.97 Å². The van der Waals surface area contributed by atoms with E-state index in [1.165, 1.54) is 0 Å². The van der Waals surface area contributed by atoms with Crippen LogP contribution in [0.2, 0.25) is 0 Å². The molecular weight excluding hydrogens is 234 g/mol. The minimum Gasteiger partial charge on any atom is -0.341 e. The Bertz CT molecular complexity index is 689. The van der Waals surface area contributed by atoms with Crippen molar-refractivity contribution in [2.45, 2.75) is 12.3 Å². The number of nitrogens with one attached hydrogen (secondary N) is 1. The highest BCUT2D eigenvalue weighted by Crippen LogP contribution is 2.20. The van der Waals surface area contributed by atoms with Crippen LogP contribution in [0.1, 0.15) is 17.3 Å². The number of fused-ring (bicyclic) bond motifs is 1.